The maximum absolute atomic E-state index is 4.76. The average Bonchev–Trinajstić information content (AvgIpc) is 1.39. The van der Waals surface area contributed by atoms with E-state index in [1.807, 2.05) is 14.1 Å². The van der Waals surface area contributed by atoms with Crippen LogP contribution in [0.25, 0.3) is 0 Å². The van der Waals surface area contributed by atoms with Crippen molar-refractivity contribution in [3.8, 4) is 0 Å². The van der Waals surface area contributed by atoms with Crippen LogP contribution in [-0.2, 0) is 0 Å². The first-order chi connectivity index (χ1) is 2.83. The highest BCUT2D eigenvalue weighted by Gasteiger charge is 1.25. The quantitative estimate of drug-likeness (QED) is 0.491. The summed E-state index contributed by atoms with van der Waals surface area (Å²) < 4.78 is 0. The van der Waals surface area contributed by atoms with Gasteiger partial charge in [0.15, 0.2) is 0 Å². The maximum atomic E-state index is 4.76. The van der Waals surface area contributed by atoms with E-state index in [2.05, 4.69) is 11.9 Å². The molecule has 0 aliphatic carbocycles. The molecule has 2 heteroatoms. The van der Waals surface area contributed by atoms with Gasteiger partial charge < -0.3 is 5.32 Å². The lowest BCUT2D eigenvalue weighted by molar-refractivity contribution is 1.02. The van der Waals surface area contributed by atoms with E-state index in [0.717, 1.165) is 0 Å². The summed E-state index contributed by atoms with van der Waals surface area (Å²) in [6.07, 6.45) is 0. The Balaban J connectivity index is 0. The molecule has 0 aliphatic heterocycles. The molecule has 0 fully saturated rings. The maximum Gasteiger partial charge on any atom is -0.00296 e. The minimum atomic E-state index is 1.22. The summed E-state index contributed by atoms with van der Waals surface area (Å²) in [5, 5.41) is 2.75. The number of hydrogen-bond donors (Lipinski definition) is 1. The van der Waals surface area contributed by atoms with Crippen molar-refractivity contribution in [1.29, 1.82) is 0 Å². The third-order valence-electron chi connectivity index (χ3n) is 0. The lowest BCUT2D eigenvalue weighted by atomic mass is 11.3. The highest BCUT2D eigenvalue weighted by molar-refractivity contribution is 6.25. The zero-order valence-corrected chi connectivity index (χ0v) is 4.92. The van der Waals surface area contributed by atoms with Gasteiger partial charge in [0.05, 0.1) is 0 Å². The van der Waals surface area contributed by atoms with Crippen molar-refractivity contribution < 1.29 is 0 Å². The molecule has 0 aliphatic rings. The fourth-order valence-electron chi connectivity index (χ4n) is 0. The van der Waals surface area contributed by atoms with Gasteiger partial charge in [0, 0.05) is 0 Å². The smallest absolute Gasteiger partial charge is 0.00296 e. The van der Waals surface area contributed by atoms with Crippen molar-refractivity contribution in [1.82, 2.24) is 5.32 Å². The zero-order valence-electron chi connectivity index (χ0n) is 4.16. The summed E-state index contributed by atoms with van der Waals surface area (Å²) >= 11 is 4.76. The van der Waals surface area contributed by atoms with Gasteiger partial charge in [0.25, 0.3) is 0 Å². The highest BCUT2D eigenvalue weighted by atomic mass is 35.5. The Morgan fingerprint density at radius 2 is 1.67 bits per heavy atom. The molecule has 0 radical (unpaired) electrons. The van der Waals surface area contributed by atoms with Crippen LogP contribution in [0, 0.1) is 0 Å². The Bertz CT molecular complexity index is 21.5. The van der Waals surface area contributed by atoms with Crippen molar-refractivity contribution >= 4 is 11.6 Å². The van der Waals surface area contributed by atoms with Crippen molar-refractivity contribution in [3.05, 3.63) is 12.1 Å². The van der Waals surface area contributed by atoms with E-state index in [0.29, 0.717) is 0 Å². The van der Waals surface area contributed by atoms with Crippen molar-refractivity contribution in [2.75, 3.05) is 14.1 Å². The Morgan fingerprint density at radius 3 is 1.67 bits per heavy atom. The molecule has 0 aromatic heterocycles. The van der Waals surface area contributed by atoms with Crippen LogP contribution in [0.4, 0.5) is 0 Å². The zero-order chi connectivity index (χ0) is 5.41. The second kappa shape index (κ2) is 20.1. The molecule has 0 aromatic rings. The largest absolute Gasteiger partial charge is 0.323 e. The molecule has 0 atom stereocenters. The van der Waals surface area contributed by atoms with Gasteiger partial charge in [0.1, 0.15) is 0 Å². The van der Waals surface area contributed by atoms with Gasteiger partial charge in [-0.25, -0.2) is 0 Å². The van der Waals surface area contributed by atoms with E-state index in [1.165, 1.54) is 5.54 Å². The first-order valence-corrected chi connectivity index (χ1v) is 2.06. The number of halogens is 1. The number of hydrogen-bond acceptors (Lipinski definition) is 1. The third-order valence-corrected chi connectivity index (χ3v) is 0. The van der Waals surface area contributed by atoms with E-state index >= 15 is 0 Å². The van der Waals surface area contributed by atoms with Crippen LogP contribution in [-0.4, -0.2) is 14.1 Å². The van der Waals surface area contributed by atoms with Crippen molar-refractivity contribution in [3.63, 3.8) is 0 Å². The van der Waals surface area contributed by atoms with Crippen LogP contribution in [0.1, 0.15) is 0 Å². The predicted octanol–water partition coefficient (Wildman–Crippen LogP) is 1.20. The minimum Gasteiger partial charge on any atom is -0.323 e. The van der Waals surface area contributed by atoms with E-state index in [9.17, 15) is 0 Å². The molecule has 0 saturated heterocycles. The molecular formula is C4H10ClN. The predicted molar refractivity (Wildman–Crippen MR) is 31.0 cm³/mol. The van der Waals surface area contributed by atoms with Gasteiger partial charge in [-0.3, -0.25) is 0 Å². The van der Waals surface area contributed by atoms with Crippen LogP contribution < -0.4 is 5.32 Å². The third kappa shape index (κ3) is 357000. The van der Waals surface area contributed by atoms with Crippen LogP contribution in [0.5, 0.6) is 0 Å². The molecule has 0 spiro atoms. The Hall–Kier alpha value is -0.0100. The Morgan fingerprint density at radius 1 is 1.67 bits per heavy atom. The summed E-state index contributed by atoms with van der Waals surface area (Å²) in [7, 11) is 3.75. The summed E-state index contributed by atoms with van der Waals surface area (Å²) in [6.45, 7) is 3.13. The van der Waals surface area contributed by atoms with E-state index in [1.54, 1.807) is 0 Å². The highest BCUT2D eigenvalue weighted by Crippen LogP contribution is 1.60. The van der Waals surface area contributed by atoms with E-state index in [4.69, 9.17) is 11.6 Å². The molecular weight excluding hydrogens is 97.5 g/mol. The molecule has 1 nitrogen and oxygen atoms in total. The van der Waals surface area contributed by atoms with Gasteiger partial charge in [-0.05, 0) is 19.6 Å². The molecule has 0 saturated carbocycles. The molecule has 0 unspecified atom stereocenters. The Kier molecular flexibility index (Phi) is 31.3. The molecule has 0 aromatic carbocycles. The fourth-order valence-corrected chi connectivity index (χ4v) is 0. The SMILES string of the molecule is C=CCl.CNC. The lowest BCUT2D eigenvalue weighted by Crippen LogP contribution is -1.89. The first kappa shape index (κ1) is 9.37. The average molecular weight is 108 g/mol. The topological polar surface area (TPSA) is 12.0 Å². The molecule has 0 heterocycles. The monoisotopic (exact) mass is 107 g/mol. The molecule has 0 rings (SSSR count). The standard InChI is InChI=1S/C2H3Cl.C2H7N/c1-2-3;1-3-2/h2H,1H2;3H,1-2H3. The number of nitrogens with one attached hydrogen (secondary N) is 1. The minimum absolute atomic E-state index is 1.22. The molecule has 1 N–H and O–H groups in total. The normalized spacial score (nSPS) is 5.17. The van der Waals surface area contributed by atoms with E-state index < -0.39 is 0 Å². The first-order valence-electron chi connectivity index (χ1n) is 1.63. The van der Waals surface area contributed by atoms with Crippen LogP contribution in [0.2, 0.25) is 0 Å². The molecule has 38 valence electrons. The lowest BCUT2D eigenvalue weighted by Gasteiger charge is -1.59. The van der Waals surface area contributed by atoms with Crippen LogP contribution >= 0.6 is 11.6 Å². The molecule has 6 heavy (non-hydrogen) atoms. The van der Waals surface area contributed by atoms with Gasteiger partial charge in [-0.2, -0.15) is 0 Å². The van der Waals surface area contributed by atoms with Crippen molar-refractivity contribution in [2.24, 2.45) is 0 Å². The summed E-state index contributed by atoms with van der Waals surface area (Å²) in [6, 6.07) is 0. The second-order valence-electron chi connectivity index (χ2n) is 0.654. The van der Waals surface area contributed by atoms with Gasteiger partial charge in [-0.15, -0.1) is 0 Å². The van der Waals surface area contributed by atoms with Gasteiger partial charge in [-0.1, -0.05) is 18.2 Å². The Labute approximate surface area is 44.0 Å². The van der Waals surface area contributed by atoms with Gasteiger partial charge >= 0.3 is 0 Å². The van der Waals surface area contributed by atoms with Crippen LogP contribution in [0.3, 0.4) is 0 Å². The van der Waals surface area contributed by atoms with E-state index in [-0.39, 0.29) is 0 Å². The van der Waals surface area contributed by atoms with Crippen molar-refractivity contribution in [2.45, 2.75) is 0 Å². The molecule has 0 amide bonds. The molecule has 0 bridgehead atoms. The van der Waals surface area contributed by atoms with Crippen LogP contribution in [0.15, 0.2) is 12.1 Å². The second-order valence-corrected chi connectivity index (χ2v) is 0.963. The summed E-state index contributed by atoms with van der Waals surface area (Å²) in [5.41, 5.74) is 1.22. The number of rotatable bonds is 0. The summed E-state index contributed by atoms with van der Waals surface area (Å²) in [5.74, 6) is 0. The summed E-state index contributed by atoms with van der Waals surface area (Å²) in [4.78, 5) is 0. The fraction of sp³-hybridized carbons (Fsp3) is 0.500. The van der Waals surface area contributed by atoms with Gasteiger partial charge in [0.2, 0.25) is 0 Å².